The summed E-state index contributed by atoms with van der Waals surface area (Å²) in [5, 5.41) is 0. The molecule has 0 aliphatic rings. The van der Waals surface area contributed by atoms with E-state index in [0.29, 0.717) is 0 Å². The monoisotopic (exact) mass is 396 g/mol. The molecule has 0 saturated carbocycles. The highest BCUT2D eigenvalue weighted by Crippen LogP contribution is 2.28. The summed E-state index contributed by atoms with van der Waals surface area (Å²) in [4.78, 5) is 0.150. The van der Waals surface area contributed by atoms with Crippen molar-refractivity contribution in [2.24, 2.45) is 0 Å². The molecule has 0 spiro atoms. The van der Waals surface area contributed by atoms with Gasteiger partial charge in [-0.2, -0.15) is 8.42 Å². The van der Waals surface area contributed by atoms with Gasteiger partial charge in [-0.3, -0.25) is 4.18 Å². The summed E-state index contributed by atoms with van der Waals surface area (Å²) in [5.74, 6) is 0. The normalized spacial score (nSPS) is 12.6. The van der Waals surface area contributed by atoms with Gasteiger partial charge in [0.2, 0.25) is 0 Å². The van der Waals surface area contributed by atoms with Crippen molar-refractivity contribution in [2.75, 3.05) is 13.2 Å². The van der Waals surface area contributed by atoms with Gasteiger partial charge in [0.05, 0.1) is 18.1 Å². The summed E-state index contributed by atoms with van der Waals surface area (Å²) < 4.78 is 35.8. The van der Waals surface area contributed by atoms with Gasteiger partial charge >= 0.3 is 0 Å². The van der Waals surface area contributed by atoms with E-state index in [1.807, 2.05) is 68.4 Å². The summed E-state index contributed by atoms with van der Waals surface area (Å²) in [7, 11) is -3.79. The second kappa shape index (κ2) is 9.15. The van der Waals surface area contributed by atoms with E-state index in [4.69, 9.17) is 8.92 Å². The van der Waals surface area contributed by atoms with Crippen LogP contribution in [0.25, 0.3) is 0 Å². The molecule has 0 amide bonds. The average Bonchev–Trinajstić information content (AvgIpc) is 2.70. The van der Waals surface area contributed by atoms with Crippen molar-refractivity contribution >= 4 is 10.1 Å². The molecule has 0 N–H and O–H groups in total. The van der Waals surface area contributed by atoms with Gasteiger partial charge < -0.3 is 4.74 Å². The molecule has 28 heavy (non-hydrogen) atoms. The molecule has 146 valence electrons. The summed E-state index contributed by atoms with van der Waals surface area (Å²) in [6.45, 7) is 4.04. The predicted molar refractivity (Wildman–Crippen MR) is 110 cm³/mol. The molecule has 0 aliphatic heterocycles. The summed E-state index contributed by atoms with van der Waals surface area (Å²) >= 11 is 0. The van der Waals surface area contributed by atoms with E-state index in [-0.39, 0.29) is 24.2 Å². The fourth-order valence-electron chi connectivity index (χ4n) is 2.96. The molecule has 5 heteroatoms. The molecule has 0 fully saturated rings. The maximum Gasteiger partial charge on any atom is 0.297 e. The van der Waals surface area contributed by atoms with E-state index in [0.717, 1.165) is 22.3 Å². The molecule has 3 aromatic rings. The minimum atomic E-state index is -3.79. The van der Waals surface area contributed by atoms with Gasteiger partial charge in [-0.1, -0.05) is 72.3 Å². The van der Waals surface area contributed by atoms with Gasteiger partial charge in [-0.05, 0) is 42.7 Å². The maximum atomic E-state index is 12.3. The lowest BCUT2D eigenvalue weighted by molar-refractivity contribution is 0.0571. The molecule has 0 bridgehead atoms. The maximum absolute atomic E-state index is 12.3. The lowest BCUT2D eigenvalue weighted by Gasteiger charge is -2.21. The molecule has 4 nitrogen and oxygen atoms in total. The van der Waals surface area contributed by atoms with Gasteiger partial charge in [-0.15, -0.1) is 0 Å². The lowest BCUT2D eigenvalue weighted by Crippen LogP contribution is -2.15. The highest BCUT2D eigenvalue weighted by molar-refractivity contribution is 7.86. The molecule has 3 rings (SSSR count). The molecule has 1 atom stereocenters. The third kappa shape index (κ3) is 5.07. The van der Waals surface area contributed by atoms with E-state index in [9.17, 15) is 8.42 Å². The Morgan fingerprint density at radius 1 is 0.786 bits per heavy atom. The molecule has 1 unspecified atom stereocenters. The fraction of sp³-hybridized carbons (Fsp3) is 0.217. The molecule has 0 radical (unpaired) electrons. The zero-order valence-corrected chi connectivity index (χ0v) is 16.9. The smallest absolute Gasteiger partial charge is 0.297 e. The van der Waals surface area contributed by atoms with E-state index in [1.54, 1.807) is 24.3 Å². The third-order valence-electron chi connectivity index (χ3n) is 4.49. The lowest BCUT2D eigenvalue weighted by atomic mass is 9.97. The first-order chi connectivity index (χ1) is 13.5. The Balaban J connectivity index is 1.68. The number of hydrogen-bond donors (Lipinski definition) is 0. The predicted octanol–water partition coefficient (Wildman–Crippen LogP) is 4.81. The van der Waals surface area contributed by atoms with Gasteiger partial charge in [0, 0.05) is 0 Å². The average molecular weight is 397 g/mol. The summed E-state index contributed by atoms with van der Waals surface area (Å²) in [6.07, 6.45) is -0.284. The van der Waals surface area contributed by atoms with Crippen LogP contribution in [0.5, 0.6) is 0 Å². The highest BCUT2D eigenvalue weighted by atomic mass is 32.2. The van der Waals surface area contributed by atoms with Crippen molar-refractivity contribution in [1.29, 1.82) is 0 Å². The number of aryl methyl sites for hydroxylation is 2. The van der Waals surface area contributed by atoms with Crippen molar-refractivity contribution < 1.29 is 17.3 Å². The van der Waals surface area contributed by atoms with Crippen LogP contribution in [0.3, 0.4) is 0 Å². The number of rotatable bonds is 8. The van der Waals surface area contributed by atoms with Crippen molar-refractivity contribution in [3.05, 3.63) is 101 Å². The molecule has 3 aromatic carbocycles. The van der Waals surface area contributed by atoms with Gasteiger partial charge in [-0.25, -0.2) is 0 Å². The molecule has 0 saturated heterocycles. The van der Waals surface area contributed by atoms with E-state index in [1.165, 1.54) is 0 Å². The van der Waals surface area contributed by atoms with Gasteiger partial charge in [0.1, 0.15) is 6.10 Å². The van der Waals surface area contributed by atoms with Gasteiger partial charge in [0.15, 0.2) is 0 Å². The second-order valence-corrected chi connectivity index (χ2v) is 8.22. The standard InChI is InChI=1S/C23H24O4S/c1-18-12-14-21(15-13-18)28(24,25)27-17-16-26-23(20-9-4-3-5-10-20)22-11-7-6-8-19(22)2/h3-15,23H,16-17H2,1-2H3. The van der Waals surface area contributed by atoms with Gasteiger partial charge in [0.25, 0.3) is 10.1 Å². The van der Waals surface area contributed by atoms with Crippen LogP contribution in [0.4, 0.5) is 0 Å². The van der Waals surface area contributed by atoms with Crippen LogP contribution in [0.1, 0.15) is 28.4 Å². The van der Waals surface area contributed by atoms with Crippen molar-refractivity contribution in [2.45, 2.75) is 24.8 Å². The van der Waals surface area contributed by atoms with Crippen molar-refractivity contribution in [1.82, 2.24) is 0 Å². The second-order valence-electron chi connectivity index (χ2n) is 6.61. The van der Waals surface area contributed by atoms with Crippen LogP contribution in [0.2, 0.25) is 0 Å². The van der Waals surface area contributed by atoms with Crippen LogP contribution >= 0.6 is 0 Å². The Morgan fingerprint density at radius 2 is 1.43 bits per heavy atom. The topological polar surface area (TPSA) is 52.6 Å². The van der Waals surface area contributed by atoms with Crippen LogP contribution < -0.4 is 0 Å². The Labute approximate surface area is 166 Å². The first-order valence-corrected chi connectivity index (χ1v) is 10.6. The molecule has 0 heterocycles. The van der Waals surface area contributed by atoms with Crippen LogP contribution in [0, 0.1) is 13.8 Å². The largest absolute Gasteiger partial charge is 0.366 e. The zero-order chi connectivity index (χ0) is 20.0. The Bertz CT molecular complexity index is 996. The van der Waals surface area contributed by atoms with Crippen molar-refractivity contribution in [3.63, 3.8) is 0 Å². The first-order valence-electron chi connectivity index (χ1n) is 9.15. The third-order valence-corrected chi connectivity index (χ3v) is 5.82. The summed E-state index contributed by atoms with van der Waals surface area (Å²) in [5.41, 5.74) is 4.17. The van der Waals surface area contributed by atoms with Crippen LogP contribution in [0.15, 0.2) is 83.8 Å². The Kier molecular flexibility index (Phi) is 6.62. The zero-order valence-electron chi connectivity index (χ0n) is 16.0. The fourth-order valence-corrected chi connectivity index (χ4v) is 3.85. The van der Waals surface area contributed by atoms with Crippen LogP contribution in [-0.4, -0.2) is 21.6 Å². The Morgan fingerprint density at radius 3 is 2.11 bits per heavy atom. The minimum Gasteiger partial charge on any atom is -0.366 e. The molecular weight excluding hydrogens is 372 g/mol. The highest BCUT2D eigenvalue weighted by Gasteiger charge is 2.18. The number of ether oxygens (including phenoxy) is 1. The van der Waals surface area contributed by atoms with Crippen LogP contribution in [-0.2, 0) is 19.0 Å². The number of hydrogen-bond acceptors (Lipinski definition) is 4. The quantitative estimate of drug-likeness (QED) is 0.405. The van der Waals surface area contributed by atoms with E-state index >= 15 is 0 Å². The molecule has 0 aliphatic carbocycles. The first kappa shape index (κ1) is 20.3. The Hall–Kier alpha value is -2.47. The van der Waals surface area contributed by atoms with E-state index < -0.39 is 10.1 Å². The summed E-state index contributed by atoms with van der Waals surface area (Å²) in [6, 6.07) is 24.5. The number of benzene rings is 3. The van der Waals surface area contributed by atoms with E-state index in [2.05, 4.69) is 0 Å². The SMILES string of the molecule is Cc1ccc(S(=O)(=O)OCCOC(c2ccccc2)c2ccccc2C)cc1. The molecular formula is C23H24O4S. The molecule has 0 aromatic heterocycles. The van der Waals surface area contributed by atoms with Crippen molar-refractivity contribution in [3.8, 4) is 0 Å². The minimum absolute atomic E-state index is 0.0502.